The molecule has 2 aromatic carbocycles. The van der Waals surface area contributed by atoms with E-state index in [0.717, 1.165) is 5.56 Å². The molecule has 1 amide bonds. The second-order valence-corrected chi connectivity index (χ2v) is 7.14. The van der Waals surface area contributed by atoms with Crippen LogP contribution in [0.15, 0.2) is 30.3 Å². The fraction of sp³-hybridized carbons (Fsp3) is 0.333. The number of rotatable bonds is 5. The van der Waals surface area contributed by atoms with Gasteiger partial charge in [-0.2, -0.15) is 0 Å². The number of hydrogen-bond donors (Lipinski definition) is 1. The van der Waals surface area contributed by atoms with E-state index < -0.39 is 17.4 Å². The summed E-state index contributed by atoms with van der Waals surface area (Å²) < 4.78 is 37.7. The van der Waals surface area contributed by atoms with E-state index in [1.807, 2.05) is 4.90 Å². The van der Waals surface area contributed by atoms with E-state index in [9.17, 15) is 18.4 Å². The summed E-state index contributed by atoms with van der Waals surface area (Å²) >= 11 is 0. The third kappa shape index (κ3) is 4.00. The molecule has 9 heteroatoms. The highest BCUT2D eigenvalue weighted by Gasteiger charge is 2.24. The van der Waals surface area contributed by atoms with Gasteiger partial charge in [0.2, 0.25) is 5.91 Å². The number of benzene rings is 2. The Bertz CT molecular complexity index is 967. The Balaban J connectivity index is 1.31. The Hall–Kier alpha value is -3.36. The van der Waals surface area contributed by atoms with Crippen LogP contribution in [0.5, 0.6) is 11.5 Å². The number of anilines is 2. The normalized spacial score (nSPS) is 15.6. The van der Waals surface area contributed by atoms with Gasteiger partial charge in [-0.3, -0.25) is 9.59 Å². The van der Waals surface area contributed by atoms with Crippen LogP contribution in [0.2, 0.25) is 0 Å². The summed E-state index contributed by atoms with van der Waals surface area (Å²) in [7, 11) is 1.22. The number of fused-ring (bicyclic) bond motifs is 1. The first-order valence-corrected chi connectivity index (χ1v) is 9.58. The fourth-order valence-corrected chi connectivity index (χ4v) is 3.65. The minimum atomic E-state index is -0.754. The van der Waals surface area contributed by atoms with Crippen molar-refractivity contribution in [2.24, 2.45) is 0 Å². The SMILES string of the molecule is COc1c(F)cc(N2CCN(C(=O)CNc3ccc4c(c3)OC(=O)C4)CC2)cc1F. The summed E-state index contributed by atoms with van der Waals surface area (Å²) in [5.74, 6) is -1.76. The van der Waals surface area contributed by atoms with E-state index in [1.165, 1.54) is 19.2 Å². The average Bonchev–Trinajstić information content (AvgIpc) is 3.11. The molecular weight excluding hydrogens is 396 g/mol. The highest BCUT2D eigenvalue weighted by molar-refractivity contribution is 5.83. The van der Waals surface area contributed by atoms with Gasteiger partial charge in [-0.15, -0.1) is 0 Å². The van der Waals surface area contributed by atoms with Gasteiger partial charge >= 0.3 is 5.97 Å². The second kappa shape index (κ2) is 8.17. The molecule has 4 rings (SSSR count). The molecule has 0 spiro atoms. The number of carbonyl (C=O) groups is 2. The lowest BCUT2D eigenvalue weighted by Crippen LogP contribution is -2.50. The van der Waals surface area contributed by atoms with Gasteiger partial charge in [0.05, 0.1) is 20.1 Å². The first kappa shape index (κ1) is 19.9. The minimum Gasteiger partial charge on any atom is -0.491 e. The van der Waals surface area contributed by atoms with Crippen LogP contribution < -0.4 is 19.7 Å². The van der Waals surface area contributed by atoms with Crippen LogP contribution in [0.4, 0.5) is 20.2 Å². The molecule has 2 aliphatic rings. The standard InChI is InChI=1S/C21H21F2N3O4/c1-29-21-16(22)10-15(11-17(21)23)25-4-6-26(7-5-25)19(27)12-24-14-3-2-13-8-20(28)30-18(13)9-14/h2-3,9-11,24H,4-8,12H2,1H3. The van der Waals surface area contributed by atoms with Crippen LogP contribution in [-0.4, -0.2) is 56.6 Å². The van der Waals surface area contributed by atoms with Gasteiger partial charge in [-0.05, 0) is 6.07 Å². The maximum absolute atomic E-state index is 13.9. The Morgan fingerprint density at radius 1 is 1.13 bits per heavy atom. The van der Waals surface area contributed by atoms with Gasteiger partial charge in [-0.25, -0.2) is 8.78 Å². The van der Waals surface area contributed by atoms with Crippen molar-refractivity contribution in [3.63, 3.8) is 0 Å². The van der Waals surface area contributed by atoms with E-state index in [2.05, 4.69) is 5.32 Å². The average molecular weight is 417 g/mol. The van der Waals surface area contributed by atoms with Crippen LogP contribution in [0.3, 0.4) is 0 Å². The summed E-state index contributed by atoms with van der Waals surface area (Å²) in [6.07, 6.45) is 0.265. The van der Waals surface area contributed by atoms with E-state index in [0.29, 0.717) is 43.3 Å². The summed E-state index contributed by atoms with van der Waals surface area (Å²) in [5.41, 5.74) is 1.95. The minimum absolute atomic E-state index is 0.0840. The lowest BCUT2D eigenvalue weighted by molar-refractivity contribution is -0.132. The van der Waals surface area contributed by atoms with Gasteiger partial charge in [-0.1, -0.05) is 6.07 Å². The monoisotopic (exact) mass is 417 g/mol. The molecule has 30 heavy (non-hydrogen) atoms. The van der Waals surface area contributed by atoms with Crippen molar-refractivity contribution >= 4 is 23.3 Å². The number of hydrogen-bond acceptors (Lipinski definition) is 6. The molecule has 158 valence electrons. The predicted molar refractivity (Wildman–Crippen MR) is 106 cm³/mol. The summed E-state index contributed by atoms with van der Waals surface area (Å²) in [5, 5.41) is 3.05. The van der Waals surface area contributed by atoms with E-state index in [4.69, 9.17) is 9.47 Å². The molecule has 2 heterocycles. The Morgan fingerprint density at radius 2 is 1.83 bits per heavy atom. The van der Waals surface area contributed by atoms with E-state index in [1.54, 1.807) is 23.1 Å². The highest BCUT2D eigenvalue weighted by atomic mass is 19.1. The van der Waals surface area contributed by atoms with Crippen molar-refractivity contribution < 1.29 is 27.8 Å². The fourth-order valence-electron chi connectivity index (χ4n) is 3.65. The Morgan fingerprint density at radius 3 is 2.50 bits per heavy atom. The molecule has 0 radical (unpaired) electrons. The van der Waals surface area contributed by atoms with Crippen molar-refractivity contribution in [1.82, 2.24) is 4.90 Å². The number of halogens is 2. The van der Waals surface area contributed by atoms with Gasteiger partial charge in [0.15, 0.2) is 17.4 Å². The second-order valence-electron chi connectivity index (χ2n) is 7.14. The molecule has 1 saturated heterocycles. The molecule has 0 atom stereocenters. The molecule has 2 aliphatic heterocycles. The van der Waals surface area contributed by atoms with Gasteiger partial charge in [0, 0.05) is 61.3 Å². The molecule has 0 unspecified atom stereocenters. The molecule has 7 nitrogen and oxygen atoms in total. The zero-order valence-corrected chi connectivity index (χ0v) is 16.4. The van der Waals surface area contributed by atoms with Gasteiger partial charge < -0.3 is 24.6 Å². The first-order valence-electron chi connectivity index (χ1n) is 9.58. The Labute approximate surface area is 172 Å². The summed E-state index contributed by atoms with van der Waals surface area (Å²) in [6.45, 7) is 1.91. The van der Waals surface area contributed by atoms with Crippen LogP contribution in [0.1, 0.15) is 5.56 Å². The lowest BCUT2D eigenvalue weighted by Gasteiger charge is -2.36. The third-order valence-electron chi connectivity index (χ3n) is 5.25. The topological polar surface area (TPSA) is 71.1 Å². The number of ether oxygens (including phenoxy) is 2. The van der Waals surface area contributed by atoms with Crippen LogP contribution in [-0.2, 0) is 16.0 Å². The quantitative estimate of drug-likeness (QED) is 0.594. The van der Waals surface area contributed by atoms with Crippen molar-refractivity contribution in [3.05, 3.63) is 47.5 Å². The van der Waals surface area contributed by atoms with E-state index >= 15 is 0 Å². The van der Waals surface area contributed by atoms with Crippen LogP contribution in [0.25, 0.3) is 0 Å². The summed E-state index contributed by atoms with van der Waals surface area (Å²) in [6, 6.07) is 7.79. The largest absolute Gasteiger partial charge is 0.491 e. The zero-order chi connectivity index (χ0) is 21.3. The van der Waals surface area contributed by atoms with E-state index in [-0.39, 0.29) is 24.8 Å². The third-order valence-corrected chi connectivity index (χ3v) is 5.25. The van der Waals surface area contributed by atoms with Crippen LogP contribution in [0, 0.1) is 11.6 Å². The maximum Gasteiger partial charge on any atom is 0.315 e. The molecule has 0 aromatic heterocycles. The van der Waals surface area contributed by atoms with Crippen LogP contribution >= 0.6 is 0 Å². The molecule has 0 saturated carbocycles. The highest BCUT2D eigenvalue weighted by Crippen LogP contribution is 2.29. The molecule has 1 fully saturated rings. The number of carbonyl (C=O) groups excluding carboxylic acids is 2. The van der Waals surface area contributed by atoms with Gasteiger partial charge in [0.25, 0.3) is 0 Å². The Kier molecular flexibility index (Phi) is 5.43. The molecule has 1 N–H and O–H groups in total. The number of piperazine rings is 1. The predicted octanol–water partition coefficient (Wildman–Crippen LogP) is 2.20. The number of nitrogens with one attached hydrogen (secondary N) is 1. The smallest absolute Gasteiger partial charge is 0.315 e. The van der Waals surface area contributed by atoms with Crippen molar-refractivity contribution in [1.29, 1.82) is 0 Å². The maximum atomic E-state index is 13.9. The number of methoxy groups -OCH3 is 1. The summed E-state index contributed by atoms with van der Waals surface area (Å²) in [4.78, 5) is 27.4. The van der Waals surface area contributed by atoms with Gasteiger partial charge in [0.1, 0.15) is 5.75 Å². The first-order chi connectivity index (χ1) is 14.4. The number of amides is 1. The van der Waals surface area contributed by atoms with Crippen molar-refractivity contribution in [3.8, 4) is 11.5 Å². The zero-order valence-electron chi connectivity index (χ0n) is 16.4. The lowest BCUT2D eigenvalue weighted by atomic mass is 10.1. The molecular formula is C21H21F2N3O4. The molecule has 2 aromatic rings. The van der Waals surface area contributed by atoms with Crippen molar-refractivity contribution in [2.75, 3.05) is 50.1 Å². The molecule has 0 aliphatic carbocycles. The number of nitrogens with zero attached hydrogens (tertiary/aromatic N) is 2. The van der Waals surface area contributed by atoms with Crippen molar-refractivity contribution in [2.45, 2.75) is 6.42 Å². The number of esters is 1. The molecule has 0 bridgehead atoms.